The summed E-state index contributed by atoms with van der Waals surface area (Å²) in [6.45, 7) is 2.47. The summed E-state index contributed by atoms with van der Waals surface area (Å²) in [4.78, 5) is 33.8. The average molecular weight is 530 g/mol. The van der Waals surface area contributed by atoms with Gasteiger partial charge in [-0.05, 0) is 43.7 Å². The number of anilines is 1. The minimum Gasteiger partial charge on any atom is -0.493 e. The van der Waals surface area contributed by atoms with E-state index in [2.05, 4.69) is 15.3 Å². The molecular weight excluding hydrogens is 506 g/mol. The fraction of sp³-hybridized carbons (Fsp3) is 0.172. The Morgan fingerprint density at radius 1 is 1.08 bits per heavy atom. The number of carbonyl (C=O) groups excluding carboxylic acids is 2. The van der Waals surface area contributed by atoms with E-state index in [1.54, 1.807) is 49.5 Å². The number of amides is 1. The van der Waals surface area contributed by atoms with Crippen molar-refractivity contribution in [1.29, 1.82) is 0 Å². The first-order valence-electron chi connectivity index (χ1n) is 12.1. The largest absolute Gasteiger partial charge is 0.493 e. The van der Waals surface area contributed by atoms with Gasteiger partial charge in [-0.1, -0.05) is 41.9 Å². The van der Waals surface area contributed by atoms with E-state index in [1.165, 1.54) is 6.20 Å². The Morgan fingerprint density at radius 2 is 1.87 bits per heavy atom. The van der Waals surface area contributed by atoms with Crippen molar-refractivity contribution in [2.24, 2.45) is 0 Å². The average Bonchev–Trinajstić information content (AvgIpc) is 2.94. The standard InChI is InChI=1S/C29H24ClN3O5/c1-2-36-29(35)21-12-13-37-25-15-26(23(30)14-22(21)25)38-20-10-8-19(9-11-20)28(34)33-27-17-31-16-24(32-27)18-6-4-3-5-7-18/h3-11,14-17,21H,2,12-13H2,1H3,(H,32,33,34). The molecule has 2 heterocycles. The lowest BCUT2D eigenvalue weighted by Crippen LogP contribution is -2.23. The monoisotopic (exact) mass is 529 g/mol. The van der Waals surface area contributed by atoms with Gasteiger partial charge in [-0.25, -0.2) is 4.98 Å². The minimum atomic E-state index is -0.430. The lowest BCUT2D eigenvalue weighted by atomic mass is 9.93. The highest BCUT2D eigenvalue weighted by Crippen LogP contribution is 2.42. The molecule has 0 radical (unpaired) electrons. The van der Waals surface area contributed by atoms with Crippen LogP contribution in [0, 0.1) is 0 Å². The number of rotatable bonds is 7. The summed E-state index contributed by atoms with van der Waals surface area (Å²) < 4.78 is 16.9. The van der Waals surface area contributed by atoms with Crippen molar-refractivity contribution >= 4 is 29.3 Å². The lowest BCUT2D eigenvalue weighted by Gasteiger charge is -2.25. The van der Waals surface area contributed by atoms with Gasteiger partial charge >= 0.3 is 5.97 Å². The number of aromatic nitrogens is 2. The van der Waals surface area contributed by atoms with E-state index >= 15 is 0 Å². The maximum atomic E-state index is 12.8. The molecule has 1 aliphatic heterocycles. The molecule has 8 nitrogen and oxygen atoms in total. The number of fused-ring (bicyclic) bond motifs is 1. The van der Waals surface area contributed by atoms with Crippen molar-refractivity contribution in [3.8, 4) is 28.5 Å². The molecule has 1 atom stereocenters. The molecule has 1 amide bonds. The van der Waals surface area contributed by atoms with Gasteiger partial charge in [-0.2, -0.15) is 0 Å². The third kappa shape index (κ3) is 5.60. The summed E-state index contributed by atoms with van der Waals surface area (Å²) in [5, 5.41) is 3.11. The van der Waals surface area contributed by atoms with Crippen molar-refractivity contribution < 1.29 is 23.8 Å². The Kier molecular flexibility index (Phi) is 7.51. The van der Waals surface area contributed by atoms with Crippen LogP contribution < -0.4 is 14.8 Å². The summed E-state index contributed by atoms with van der Waals surface area (Å²) in [6.07, 6.45) is 3.66. The van der Waals surface area contributed by atoms with Crippen LogP contribution in [0.5, 0.6) is 17.2 Å². The first-order valence-corrected chi connectivity index (χ1v) is 12.5. The highest BCUT2D eigenvalue weighted by Gasteiger charge is 2.30. The van der Waals surface area contributed by atoms with Crippen LogP contribution in [-0.4, -0.2) is 35.1 Å². The van der Waals surface area contributed by atoms with Crippen molar-refractivity contribution in [3.63, 3.8) is 0 Å². The van der Waals surface area contributed by atoms with Crippen LogP contribution in [0.2, 0.25) is 5.02 Å². The van der Waals surface area contributed by atoms with E-state index in [4.69, 9.17) is 25.8 Å². The molecule has 9 heteroatoms. The molecule has 0 fully saturated rings. The molecule has 1 aromatic heterocycles. The first-order chi connectivity index (χ1) is 18.5. The zero-order chi connectivity index (χ0) is 26.5. The Bertz CT molecular complexity index is 1460. The number of nitrogens with one attached hydrogen (secondary N) is 1. The molecule has 0 saturated carbocycles. The van der Waals surface area contributed by atoms with Crippen molar-refractivity contribution in [2.75, 3.05) is 18.5 Å². The minimum absolute atomic E-state index is 0.298. The maximum absolute atomic E-state index is 12.8. The second-order valence-electron chi connectivity index (χ2n) is 8.50. The first kappa shape index (κ1) is 25.2. The third-order valence-electron chi connectivity index (χ3n) is 5.96. The maximum Gasteiger partial charge on any atom is 0.313 e. The van der Waals surface area contributed by atoms with Gasteiger partial charge in [-0.3, -0.25) is 14.6 Å². The number of hydrogen-bond donors (Lipinski definition) is 1. The molecule has 0 spiro atoms. The summed E-state index contributed by atoms with van der Waals surface area (Å²) in [6, 6.07) is 19.6. The van der Waals surface area contributed by atoms with Crippen LogP contribution in [0.25, 0.3) is 11.3 Å². The van der Waals surface area contributed by atoms with E-state index in [9.17, 15) is 9.59 Å². The smallest absolute Gasteiger partial charge is 0.313 e. The zero-order valence-electron chi connectivity index (χ0n) is 20.5. The van der Waals surface area contributed by atoms with Gasteiger partial charge in [0, 0.05) is 22.8 Å². The van der Waals surface area contributed by atoms with Gasteiger partial charge in [0.15, 0.2) is 5.82 Å². The second kappa shape index (κ2) is 11.3. The summed E-state index contributed by atoms with van der Waals surface area (Å²) in [5.74, 6) is 0.671. The van der Waals surface area contributed by atoms with E-state index in [0.717, 1.165) is 5.56 Å². The van der Waals surface area contributed by atoms with E-state index in [-0.39, 0.29) is 11.9 Å². The lowest BCUT2D eigenvalue weighted by molar-refractivity contribution is -0.145. The molecule has 0 aliphatic carbocycles. The van der Waals surface area contributed by atoms with Gasteiger partial charge in [0.2, 0.25) is 0 Å². The Labute approximate surface area is 224 Å². The summed E-state index contributed by atoms with van der Waals surface area (Å²) in [5.41, 5.74) is 2.66. The molecule has 1 unspecified atom stereocenters. The second-order valence-corrected chi connectivity index (χ2v) is 8.91. The molecule has 192 valence electrons. The van der Waals surface area contributed by atoms with Gasteiger partial charge in [0.1, 0.15) is 17.2 Å². The highest BCUT2D eigenvalue weighted by atomic mass is 35.5. The van der Waals surface area contributed by atoms with Gasteiger partial charge in [-0.15, -0.1) is 0 Å². The molecule has 1 N–H and O–H groups in total. The Balaban J connectivity index is 1.27. The van der Waals surface area contributed by atoms with Gasteiger partial charge in [0.25, 0.3) is 5.91 Å². The quantitative estimate of drug-likeness (QED) is 0.281. The Hall–Kier alpha value is -4.43. The zero-order valence-corrected chi connectivity index (χ0v) is 21.3. The van der Waals surface area contributed by atoms with Crippen LogP contribution in [0.15, 0.2) is 79.1 Å². The van der Waals surface area contributed by atoms with Crippen LogP contribution in [0.1, 0.15) is 35.2 Å². The predicted octanol–water partition coefficient (Wildman–Crippen LogP) is 6.27. The van der Waals surface area contributed by atoms with Crippen LogP contribution >= 0.6 is 11.6 Å². The SMILES string of the molecule is CCOC(=O)C1CCOc2cc(Oc3ccc(C(=O)Nc4cncc(-c5ccccc5)n4)cc3)c(Cl)cc21. The highest BCUT2D eigenvalue weighted by molar-refractivity contribution is 6.32. The van der Waals surface area contributed by atoms with E-state index < -0.39 is 5.92 Å². The van der Waals surface area contributed by atoms with Gasteiger partial charge < -0.3 is 19.5 Å². The number of benzene rings is 3. The number of carbonyl (C=O) groups is 2. The third-order valence-corrected chi connectivity index (χ3v) is 6.26. The molecule has 5 rings (SSSR count). The topological polar surface area (TPSA) is 99.6 Å². The van der Waals surface area contributed by atoms with Crippen LogP contribution in [0.3, 0.4) is 0 Å². The fourth-order valence-corrected chi connectivity index (χ4v) is 4.33. The number of nitrogens with zero attached hydrogens (tertiary/aromatic N) is 2. The van der Waals surface area contributed by atoms with Crippen LogP contribution in [-0.2, 0) is 9.53 Å². The number of halogens is 1. The van der Waals surface area contributed by atoms with E-state index in [0.29, 0.717) is 64.5 Å². The number of hydrogen-bond acceptors (Lipinski definition) is 7. The van der Waals surface area contributed by atoms with Crippen molar-refractivity contribution in [3.05, 3.63) is 95.3 Å². The molecular formula is C29H24ClN3O5. The van der Waals surface area contributed by atoms with E-state index in [1.807, 2.05) is 30.3 Å². The van der Waals surface area contributed by atoms with Crippen molar-refractivity contribution in [2.45, 2.75) is 19.3 Å². The van der Waals surface area contributed by atoms with Gasteiger partial charge in [0.05, 0.1) is 42.2 Å². The van der Waals surface area contributed by atoms with Crippen LogP contribution in [0.4, 0.5) is 5.82 Å². The normalized spacial score (nSPS) is 14.1. The molecule has 0 bridgehead atoms. The summed E-state index contributed by atoms with van der Waals surface area (Å²) >= 11 is 6.48. The number of ether oxygens (including phenoxy) is 3. The fourth-order valence-electron chi connectivity index (χ4n) is 4.12. The molecule has 1 aliphatic rings. The Morgan fingerprint density at radius 3 is 2.63 bits per heavy atom. The molecule has 38 heavy (non-hydrogen) atoms. The summed E-state index contributed by atoms with van der Waals surface area (Å²) in [7, 11) is 0. The molecule has 3 aromatic carbocycles. The molecule has 0 saturated heterocycles. The molecule has 4 aromatic rings. The predicted molar refractivity (Wildman–Crippen MR) is 143 cm³/mol. The number of esters is 1. The van der Waals surface area contributed by atoms with Crippen molar-refractivity contribution in [1.82, 2.24) is 9.97 Å².